The zero-order valence-electron chi connectivity index (χ0n) is 16.5. The first-order chi connectivity index (χ1) is 12.7. The monoisotopic (exact) mass is 484 g/mol. The Labute approximate surface area is 180 Å². The molecule has 5 nitrogen and oxygen atoms in total. The topological polar surface area (TPSA) is 48.9 Å². The van der Waals surface area contributed by atoms with E-state index in [-0.39, 0.29) is 24.0 Å². The van der Waals surface area contributed by atoms with Gasteiger partial charge >= 0.3 is 0 Å². The summed E-state index contributed by atoms with van der Waals surface area (Å²) in [5.74, 6) is 1.77. The lowest BCUT2D eigenvalue weighted by Gasteiger charge is -2.20. The summed E-state index contributed by atoms with van der Waals surface area (Å²) in [6, 6.07) is 10.0. The van der Waals surface area contributed by atoms with Gasteiger partial charge in [-0.3, -0.25) is 4.90 Å². The van der Waals surface area contributed by atoms with Crippen molar-refractivity contribution in [3.63, 3.8) is 0 Å². The van der Waals surface area contributed by atoms with Gasteiger partial charge in [0.1, 0.15) is 12.4 Å². The molecule has 1 saturated heterocycles. The molecule has 3 rings (SSSR count). The Kier molecular flexibility index (Phi) is 8.89. The number of hydrogen-bond donors (Lipinski definition) is 2. The highest BCUT2D eigenvalue weighted by molar-refractivity contribution is 14.0. The first-order valence-electron chi connectivity index (χ1n) is 9.83. The van der Waals surface area contributed by atoms with E-state index in [1.807, 2.05) is 18.2 Å². The van der Waals surface area contributed by atoms with E-state index in [0.29, 0.717) is 25.2 Å². The molecule has 1 aliphatic carbocycles. The smallest absolute Gasteiger partial charge is 0.191 e. The molecule has 1 aliphatic heterocycles. The Morgan fingerprint density at radius 2 is 2.15 bits per heavy atom. The van der Waals surface area contributed by atoms with E-state index in [1.54, 1.807) is 6.08 Å². The molecule has 0 spiro atoms. The van der Waals surface area contributed by atoms with Gasteiger partial charge in [0.25, 0.3) is 0 Å². The molecule has 6 heteroatoms. The third kappa shape index (κ3) is 6.38. The van der Waals surface area contributed by atoms with E-state index in [1.165, 1.54) is 19.3 Å². The van der Waals surface area contributed by atoms with Crippen LogP contribution in [0.4, 0.5) is 0 Å². The molecular formula is C21H33IN4O. The largest absolute Gasteiger partial charge is 0.489 e. The Balaban J connectivity index is 0.00000261. The number of benzene rings is 1. The summed E-state index contributed by atoms with van der Waals surface area (Å²) in [4.78, 5) is 7.45. The van der Waals surface area contributed by atoms with Gasteiger partial charge in [-0.05, 0) is 39.2 Å². The zero-order chi connectivity index (χ0) is 18.4. The molecule has 2 fully saturated rings. The molecule has 27 heavy (non-hydrogen) atoms. The molecule has 2 N–H and O–H groups in total. The van der Waals surface area contributed by atoms with Gasteiger partial charge in [-0.15, -0.1) is 24.0 Å². The van der Waals surface area contributed by atoms with E-state index in [0.717, 1.165) is 36.4 Å². The van der Waals surface area contributed by atoms with Crippen LogP contribution in [0, 0.1) is 0 Å². The number of aliphatic imine (C=N–C) groups is 1. The third-order valence-electron chi connectivity index (χ3n) is 5.06. The molecule has 0 amide bonds. The maximum absolute atomic E-state index is 5.74. The van der Waals surface area contributed by atoms with Crippen molar-refractivity contribution in [2.45, 2.75) is 57.8 Å². The maximum atomic E-state index is 5.74. The molecule has 0 aromatic heterocycles. The quantitative estimate of drug-likeness (QED) is 0.257. The van der Waals surface area contributed by atoms with Gasteiger partial charge in [0, 0.05) is 36.8 Å². The first kappa shape index (κ1) is 22.0. The minimum absolute atomic E-state index is 0. The highest BCUT2D eigenvalue weighted by atomic mass is 127. The molecule has 0 bridgehead atoms. The summed E-state index contributed by atoms with van der Waals surface area (Å²) < 4.78 is 5.74. The van der Waals surface area contributed by atoms with Crippen LogP contribution in [0.5, 0.6) is 5.75 Å². The lowest BCUT2D eigenvalue weighted by Crippen LogP contribution is -2.44. The van der Waals surface area contributed by atoms with Crippen LogP contribution >= 0.6 is 24.0 Å². The second kappa shape index (κ2) is 10.9. The highest BCUT2D eigenvalue weighted by Crippen LogP contribution is 2.33. The number of ether oxygens (including phenoxy) is 1. The van der Waals surface area contributed by atoms with Crippen LogP contribution in [0.2, 0.25) is 0 Å². The second-order valence-electron chi connectivity index (χ2n) is 7.26. The van der Waals surface area contributed by atoms with Crippen molar-refractivity contribution in [1.29, 1.82) is 0 Å². The van der Waals surface area contributed by atoms with Gasteiger partial charge in [-0.2, -0.15) is 0 Å². The fourth-order valence-electron chi connectivity index (χ4n) is 3.68. The van der Waals surface area contributed by atoms with Crippen LogP contribution in [0.25, 0.3) is 0 Å². The predicted octanol–water partition coefficient (Wildman–Crippen LogP) is 3.55. The van der Waals surface area contributed by atoms with Crippen molar-refractivity contribution in [1.82, 2.24) is 15.5 Å². The minimum Gasteiger partial charge on any atom is -0.489 e. The number of nitrogens with one attached hydrogen (secondary N) is 2. The molecule has 1 aromatic rings. The molecule has 2 aliphatic rings. The van der Waals surface area contributed by atoms with Crippen LogP contribution in [0.1, 0.15) is 38.7 Å². The summed E-state index contributed by atoms with van der Waals surface area (Å²) in [5.41, 5.74) is 1.09. The summed E-state index contributed by atoms with van der Waals surface area (Å²) in [7, 11) is 0. The van der Waals surface area contributed by atoms with Gasteiger partial charge in [-0.25, -0.2) is 4.99 Å². The molecule has 1 heterocycles. The summed E-state index contributed by atoms with van der Waals surface area (Å²) >= 11 is 0. The third-order valence-corrected chi connectivity index (χ3v) is 5.06. The number of guanidine groups is 1. The van der Waals surface area contributed by atoms with E-state index < -0.39 is 0 Å². The SMILES string of the molecule is C=CCOc1ccccc1CN=C(NCC)NC1CC(C)N(C2CC2)C1.I. The van der Waals surface area contributed by atoms with Crippen LogP contribution in [-0.2, 0) is 6.54 Å². The maximum Gasteiger partial charge on any atom is 0.191 e. The van der Waals surface area contributed by atoms with Crippen LogP contribution in [-0.4, -0.2) is 48.7 Å². The predicted molar refractivity (Wildman–Crippen MR) is 123 cm³/mol. The second-order valence-corrected chi connectivity index (χ2v) is 7.26. The standard InChI is InChI=1S/C21H32N4O.HI/c1-4-12-26-20-9-7-6-8-17(20)14-23-21(22-5-2)24-18-13-16(3)25(15-18)19-10-11-19;/h4,6-9,16,18-19H,1,5,10-15H2,2-3H3,(H2,22,23,24);1H. The van der Waals surface area contributed by atoms with Gasteiger partial charge < -0.3 is 15.4 Å². The number of halogens is 1. The highest BCUT2D eigenvalue weighted by Gasteiger charge is 2.38. The van der Waals surface area contributed by atoms with Crippen molar-refractivity contribution < 1.29 is 4.74 Å². The van der Waals surface area contributed by atoms with Gasteiger partial charge in [0.05, 0.1) is 6.54 Å². The molecule has 0 radical (unpaired) electrons. The average molecular weight is 484 g/mol. The summed E-state index contributed by atoms with van der Waals surface area (Å²) in [6.07, 6.45) is 5.68. The molecule has 1 aromatic carbocycles. The summed E-state index contributed by atoms with van der Waals surface area (Å²) in [5, 5.41) is 7.01. The lowest BCUT2D eigenvalue weighted by atomic mass is 10.2. The Morgan fingerprint density at radius 1 is 1.37 bits per heavy atom. The Hall–Kier alpha value is -1.28. The van der Waals surface area contributed by atoms with Gasteiger partial charge in [-0.1, -0.05) is 30.9 Å². The molecule has 2 unspecified atom stereocenters. The minimum atomic E-state index is 0. The van der Waals surface area contributed by atoms with Crippen molar-refractivity contribution >= 4 is 29.9 Å². The fraction of sp³-hybridized carbons (Fsp3) is 0.571. The number of rotatable bonds is 8. The number of hydrogen-bond acceptors (Lipinski definition) is 3. The fourth-order valence-corrected chi connectivity index (χ4v) is 3.68. The van der Waals surface area contributed by atoms with Gasteiger partial charge in [0.15, 0.2) is 5.96 Å². The first-order valence-corrected chi connectivity index (χ1v) is 9.83. The molecule has 1 saturated carbocycles. The van der Waals surface area contributed by atoms with E-state index in [2.05, 4.69) is 42.0 Å². The molecular weight excluding hydrogens is 451 g/mol. The number of nitrogens with zero attached hydrogens (tertiary/aromatic N) is 2. The molecule has 2 atom stereocenters. The van der Waals surface area contributed by atoms with E-state index >= 15 is 0 Å². The van der Waals surface area contributed by atoms with Crippen LogP contribution in [0.15, 0.2) is 41.9 Å². The molecule has 150 valence electrons. The van der Waals surface area contributed by atoms with Crippen molar-refractivity contribution in [2.24, 2.45) is 4.99 Å². The van der Waals surface area contributed by atoms with E-state index in [4.69, 9.17) is 9.73 Å². The van der Waals surface area contributed by atoms with Gasteiger partial charge in [0.2, 0.25) is 0 Å². The Bertz CT molecular complexity index is 632. The lowest BCUT2D eigenvalue weighted by molar-refractivity contribution is 0.256. The van der Waals surface area contributed by atoms with Crippen LogP contribution in [0.3, 0.4) is 0 Å². The Morgan fingerprint density at radius 3 is 2.85 bits per heavy atom. The summed E-state index contributed by atoms with van der Waals surface area (Å²) in [6.45, 7) is 11.2. The van der Waals surface area contributed by atoms with Crippen molar-refractivity contribution in [3.8, 4) is 5.75 Å². The van der Waals surface area contributed by atoms with Crippen LogP contribution < -0.4 is 15.4 Å². The normalized spacial score (nSPS) is 22.8. The van der Waals surface area contributed by atoms with E-state index in [9.17, 15) is 0 Å². The number of para-hydroxylation sites is 1. The van der Waals surface area contributed by atoms with Crippen molar-refractivity contribution in [2.75, 3.05) is 19.7 Å². The average Bonchev–Trinajstić information content (AvgIpc) is 3.42. The zero-order valence-corrected chi connectivity index (χ0v) is 18.8. The van der Waals surface area contributed by atoms with Crippen molar-refractivity contribution in [3.05, 3.63) is 42.5 Å². The number of likely N-dealkylation sites (tertiary alicyclic amines) is 1.